The molecule has 0 fully saturated rings. The Kier molecular flexibility index (Phi) is 5.89. The maximum atomic E-state index is 13.2. The van der Waals surface area contributed by atoms with Crippen molar-refractivity contribution in [1.82, 2.24) is 25.2 Å². The number of tetrazole rings is 1. The van der Waals surface area contributed by atoms with E-state index in [4.69, 9.17) is 23.2 Å². The molecule has 0 aliphatic carbocycles. The predicted octanol–water partition coefficient (Wildman–Crippen LogP) is 4.93. The van der Waals surface area contributed by atoms with Crippen LogP contribution in [0.2, 0.25) is 10.0 Å². The first-order chi connectivity index (χ1) is 14.6. The van der Waals surface area contributed by atoms with Crippen molar-refractivity contribution < 1.29 is 4.79 Å². The van der Waals surface area contributed by atoms with Crippen LogP contribution in [0.3, 0.4) is 0 Å². The molecule has 0 unspecified atom stereocenters. The first kappa shape index (κ1) is 20.2. The minimum Gasteiger partial charge on any atom is -0.280 e. The maximum absolute atomic E-state index is 13.2. The fraction of sp³-hybridized carbons (Fsp3) is 0.0500. The Labute approximate surface area is 186 Å². The zero-order chi connectivity index (χ0) is 21.1. The SMILES string of the molecule is C=CCN(C(=O)c1cccc(-n2cnnn2)c1)c1nc(-c2ccc(Cl)c(Cl)c2)cs1. The Hall–Kier alpha value is -3.07. The summed E-state index contributed by atoms with van der Waals surface area (Å²) in [5.41, 5.74) is 2.69. The summed E-state index contributed by atoms with van der Waals surface area (Å²) >= 11 is 13.5. The fourth-order valence-corrected chi connectivity index (χ4v) is 3.91. The predicted molar refractivity (Wildman–Crippen MR) is 119 cm³/mol. The van der Waals surface area contributed by atoms with Gasteiger partial charge in [-0.15, -0.1) is 23.0 Å². The van der Waals surface area contributed by atoms with Crippen LogP contribution in [-0.4, -0.2) is 37.6 Å². The van der Waals surface area contributed by atoms with Gasteiger partial charge >= 0.3 is 0 Å². The third-order valence-corrected chi connectivity index (χ3v) is 5.80. The number of hydrogen-bond acceptors (Lipinski definition) is 6. The number of halogens is 2. The zero-order valence-corrected chi connectivity index (χ0v) is 17.8. The highest BCUT2D eigenvalue weighted by atomic mass is 35.5. The van der Waals surface area contributed by atoms with Gasteiger partial charge in [0.15, 0.2) is 5.13 Å². The van der Waals surface area contributed by atoms with Gasteiger partial charge in [-0.1, -0.05) is 41.4 Å². The van der Waals surface area contributed by atoms with Crippen LogP contribution >= 0.6 is 34.5 Å². The molecule has 7 nitrogen and oxygen atoms in total. The Morgan fingerprint density at radius 1 is 1.20 bits per heavy atom. The van der Waals surface area contributed by atoms with E-state index >= 15 is 0 Å². The van der Waals surface area contributed by atoms with Crippen molar-refractivity contribution in [2.75, 3.05) is 11.4 Å². The summed E-state index contributed by atoms with van der Waals surface area (Å²) in [7, 11) is 0. The van der Waals surface area contributed by atoms with E-state index in [0.29, 0.717) is 38.7 Å². The molecular weight excluding hydrogens is 443 g/mol. The van der Waals surface area contributed by atoms with Gasteiger partial charge in [0.2, 0.25) is 0 Å². The summed E-state index contributed by atoms with van der Waals surface area (Å²) in [5.74, 6) is -0.208. The number of amides is 1. The number of hydrogen-bond donors (Lipinski definition) is 0. The number of carbonyl (C=O) groups excluding carboxylic acids is 1. The second-order valence-electron chi connectivity index (χ2n) is 6.15. The highest BCUT2D eigenvalue weighted by Gasteiger charge is 2.21. The zero-order valence-electron chi connectivity index (χ0n) is 15.4. The van der Waals surface area contributed by atoms with Crippen molar-refractivity contribution in [1.29, 1.82) is 0 Å². The van der Waals surface area contributed by atoms with Crippen molar-refractivity contribution >= 4 is 45.6 Å². The topological polar surface area (TPSA) is 76.8 Å². The fourth-order valence-electron chi connectivity index (χ4n) is 2.77. The van der Waals surface area contributed by atoms with E-state index in [1.54, 1.807) is 41.3 Å². The standard InChI is InChI=1S/C20H14Cl2N6OS/c1-2-8-27(19(29)14-4-3-5-15(9-14)28-12-23-25-26-28)20-24-18(11-30-20)13-6-7-16(21)17(22)10-13/h2-7,9-12H,1,8H2. The van der Waals surface area contributed by atoms with E-state index in [-0.39, 0.29) is 5.91 Å². The van der Waals surface area contributed by atoms with Gasteiger partial charge in [-0.3, -0.25) is 9.69 Å². The number of aromatic nitrogens is 5. The number of anilines is 1. The van der Waals surface area contributed by atoms with E-state index < -0.39 is 0 Å². The molecule has 150 valence electrons. The van der Waals surface area contributed by atoms with E-state index in [9.17, 15) is 4.79 Å². The third-order valence-electron chi connectivity index (χ3n) is 4.20. The summed E-state index contributed by atoms with van der Waals surface area (Å²) in [6.45, 7) is 4.07. The van der Waals surface area contributed by atoms with Gasteiger partial charge in [-0.25, -0.2) is 9.67 Å². The van der Waals surface area contributed by atoms with Crippen LogP contribution in [0.4, 0.5) is 5.13 Å². The molecule has 2 heterocycles. The monoisotopic (exact) mass is 456 g/mol. The second kappa shape index (κ2) is 8.74. The van der Waals surface area contributed by atoms with E-state index in [1.807, 2.05) is 17.5 Å². The average Bonchev–Trinajstić information content (AvgIpc) is 3.46. The van der Waals surface area contributed by atoms with E-state index in [1.165, 1.54) is 22.3 Å². The Morgan fingerprint density at radius 3 is 2.80 bits per heavy atom. The number of carbonyl (C=O) groups is 1. The summed E-state index contributed by atoms with van der Waals surface area (Å²) in [6, 6.07) is 12.4. The summed E-state index contributed by atoms with van der Waals surface area (Å²) in [4.78, 5) is 19.4. The minimum atomic E-state index is -0.208. The minimum absolute atomic E-state index is 0.208. The van der Waals surface area contributed by atoms with Gasteiger partial charge in [0.05, 0.1) is 21.4 Å². The van der Waals surface area contributed by atoms with Crippen molar-refractivity contribution in [2.45, 2.75) is 0 Å². The molecule has 0 saturated carbocycles. The van der Waals surface area contributed by atoms with Crippen LogP contribution in [0, 0.1) is 0 Å². The average molecular weight is 457 g/mol. The van der Waals surface area contributed by atoms with Crippen molar-refractivity contribution in [3.63, 3.8) is 0 Å². The number of benzene rings is 2. The van der Waals surface area contributed by atoms with Crippen molar-refractivity contribution in [3.05, 3.63) is 82.4 Å². The first-order valence-corrected chi connectivity index (χ1v) is 10.4. The number of rotatable bonds is 6. The molecule has 0 aliphatic rings. The summed E-state index contributed by atoms with van der Waals surface area (Å²) in [6.07, 6.45) is 3.12. The van der Waals surface area contributed by atoms with E-state index in [0.717, 1.165) is 5.56 Å². The van der Waals surface area contributed by atoms with Gasteiger partial charge in [-0.2, -0.15) is 0 Å². The smallest absolute Gasteiger partial charge is 0.260 e. The molecule has 0 N–H and O–H groups in total. The molecule has 30 heavy (non-hydrogen) atoms. The molecule has 2 aromatic heterocycles. The van der Waals surface area contributed by atoms with Crippen LogP contribution in [0.15, 0.2) is 66.8 Å². The Morgan fingerprint density at radius 2 is 2.07 bits per heavy atom. The van der Waals surface area contributed by atoms with Crippen LogP contribution in [-0.2, 0) is 0 Å². The Bertz CT molecular complexity index is 1210. The van der Waals surface area contributed by atoms with Crippen molar-refractivity contribution in [2.24, 2.45) is 0 Å². The van der Waals surface area contributed by atoms with Gasteiger partial charge in [0, 0.05) is 23.1 Å². The molecule has 0 radical (unpaired) electrons. The largest absolute Gasteiger partial charge is 0.280 e. The van der Waals surface area contributed by atoms with Crippen LogP contribution < -0.4 is 4.90 Å². The normalized spacial score (nSPS) is 10.7. The molecule has 4 aromatic rings. The maximum Gasteiger partial charge on any atom is 0.260 e. The number of nitrogens with zero attached hydrogens (tertiary/aromatic N) is 6. The van der Waals surface area contributed by atoms with Gasteiger partial charge in [0.1, 0.15) is 6.33 Å². The quantitative estimate of drug-likeness (QED) is 0.384. The van der Waals surface area contributed by atoms with Gasteiger partial charge < -0.3 is 0 Å². The molecule has 0 atom stereocenters. The highest BCUT2D eigenvalue weighted by molar-refractivity contribution is 7.14. The Balaban J connectivity index is 1.65. The van der Waals surface area contributed by atoms with Crippen LogP contribution in [0.1, 0.15) is 10.4 Å². The lowest BCUT2D eigenvalue weighted by molar-refractivity contribution is 0.0989. The number of thiazole rings is 1. The molecule has 0 spiro atoms. The molecular formula is C20H14Cl2N6OS. The molecule has 1 amide bonds. The lowest BCUT2D eigenvalue weighted by Gasteiger charge is -2.18. The van der Waals surface area contributed by atoms with Crippen LogP contribution in [0.5, 0.6) is 0 Å². The lowest BCUT2D eigenvalue weighted by atomic mass is 10.1. The third kappa shape index (κ3) is 4.11. The van der Waals surface area contributed by atoms with Gasteiger partial charge in [-0.05, 0) is 40.8 Å². The molecule has 0 aliphatic heterocycles. The van der Waals surface area contributed by atoms with Gasteiger partial charge in [0.25, 0.3) is 5.91 Å². The molecule has 2 aromatic carbocycles. The first-order valence-electron chi connectivity index (χ1n) is 8.74. The molecule has 0 saturated heterocycles. The summed E-state index contributed by atoms with van der Waals surface area (Å²) in [5, 5.41) is 14.5. The highest BCUT2D eigenvalue weighted by Crippen LogP contribution is 2.32. The van der Waals surface area contributed by atoms with Crippen LogP contribution in [0.25, 0.3) is 16.9 Å². The second-order valence-corrected chi connectivity index (χ2v) is 7.80. The lowest BCUT2D eigenvalue weighted by Crippen LogP contribution is -2.31. The molecule has 10 heteroatoms. The van der Waals surface area contributed by atoms with Crippen molar-refractivity contribution in [3.8, 4) is 16.9 Å². The van der Waals surface area contributed by atoms with E-state index in [2.05, 4.69) is 27.1 Å². The summed E-state index contributed by atoms with van der Waals surface area (Å²) < 4.78 is 1.49. The molecule has 0 bridgehead atoms. The molecule has 4 rings (SSSR count).